The average Bonchev–Trinajstić information content (AvgIpc) is 2.35. The van der Waals surface area contributed by atoms with Gasteiger partial charge in [-0.25, -0.2) is 0 Å². The van der Waals surface area contributed by atoms with Gasteiger partial charge in [-0.3, -0.25) is 14.6 Å². The maximum absolute atomic E-state index is 11.7. The first kappa shape index (κ1) is 13.4. The fourth-order valence-corrected chi connectivity index (χ4v) is 1.38. The molecule has 1 rings (SSSR count). The number of carbonyl (C=O) groups is 2. The maximum Gasteiger partial charge on any atom is 0.325 e. The second-order valence-corrected chi connectivity index (χ2v) is 3.86. The molecule has 1 unspecified atom stereocenters. The molecule has 1 amide bonds. The standard InChI is InChI=1S/C11H13ClN2O3/c1-7-8(4-3-5-13-7)10(15)14-6-9(12)11(16)17-2/h3-5,9H,6H2,1-2H3,(H,14,15). The van der Waals surface area contributed by atoms with Crippen molar-refractivity contribution in [2.45, 2.75) is 12.3 Å². The molecule has 17 heavy (non-hydrogen) atoms. The number of rotatable bonds is 4. The molecule has 92 valence electrons. The summed E-state index contributed by atoms with van der Waals surface area (Å²) in [5.74, 6) is -0.889. The van der Waals surface area contributed by atoms with Crippen LogP contribution in [0.2, 0.25) is 0 Å². The van der Waals surface area contributed by atoms with E-state index in [1.807, 2.05) is 0 Å². The third-order valence-electron chi connectivity index (χ3n) is 2.15. The molecular formula is C11H13ClN2O3. The molecule has 0 aliphatic rings. The fourth-order valence-electron chi connectivity index (χ4n) is 1.21. The minimum absolute atomic E-state index is 0.0153. The number of aryl methyl sites for hydroxylation is 1. The van der Waals surface area contributed by atoms with E-state index in [1.165, 1.54) is 7.11 Å². The number of carbonyl (C=O) groups excluding carboxylic acids is 2. The monoisotopic (exact) mass is 256 g/mol. The van der Waals surface area contributed by atoms with Crippen LogP contribution in [0.4, 0.5) is 0 Å². The largest absolute Gasteiger partial charge is 0.468 e. The number of alkyl halides is 1. The molecule has 5 nitrogen and oxygen atoms in total. The van der Waals surface area contributed by atoms with Crippen molar-refractivity contribution in [3.05, 3.63) is 29.6 Å². The first-order valence-electron chi connectivity index (χ1n) is 4.98. The number of hydrogen-bond donors (Lipinski definition) is 1. The SMILES string of the molecule is COC(=O)C(Cl)CNC(=O)c1cccnc1C. The summed E-state index contributed by atoms with van der Waals surface area (Å²) in [6.45, 7) is 1.74. The van der Waals surface area contributed by atoms with Gasteiger partial charge < -0.3 is 10.1 Å². The Kier molecular flexibility index (Phi) is 4.90. The Balaban J connectivity index is 2.57. The van der Waals surface area contributed by atoms with E-state index in [2.05, 4.69) is 15.0 Å². The van der Waals surface area contributed by atoms with E-state index in [1.54, 1.807) is 25.3 Å². The predicted octanol–water partition coefficient (Wildman–Crippen LogP) is 0.900. The van der Waals surface area contributed by atoms with E-state index in [0.29, 0.717) is 11.3 Å². The number of nitrogens with zero attached hydrogens (tertiary/aromatic N) is 1. The lowest BCUT2D eigenvalue weighted by atomic mass is 10.2. The molecule has 6 heteroatoms. The molecule has 0 saturated carbocycles. The van der Waals surface area contributed by atoms with Crippen molar-refractivity contribution in [1.29, 1.82) is 0 Å². The molecule has 0 radical (unpaired) electrons. The van der Waals surface area contributed by atoms with Crippen molar-refractivity contribution < 1.29 is 14.3 Å². The highest BCUT2D eigenvalue weighted by atomic mass is 35.5. The quantitative estimate of drug-likeness (QED) is 0.642. The summed E-state index contributed by atoms with van der Waals surface area (Å²) in [4.78, 5) is 26.7. The van der Waals surface area contributed by atoms with E-state index in [9.17, 15) is 9.59 Å². The van der Waals surface area contributed by atoms with Crippen LogP contribution in [0.1, 0.15) is 16.1 Å². The van der Waals surface area contributed by atoms with Gasteiger partial charge in [0, 0.05) is 18.4 Å². The minimum Gasteiger partial charge on any atom is -0.468 e. The zero-order valence-electron chi connectivity index (χ0n) is 9.57. The van der Waals surface area contributed by atoms with Gasteiger partial charge >= 0.3 is 5.97 Å². The first-order chi connectivity index (χ1) is 8.06. The van der Waals surface area contributed by atoms with Crippen LogP contribution in [0, 0.1) is 6.92 Å². The predicted molar refractivity (Wildman–Crippen MR) is 63.0 cm³/mol. The van der Waals surface area contributed by atoms with Gasteiger partial charge in [0.1, 0.15) is 5.38 Å². The van der Waals surface area contributed by atoms with Crippen molar-refractivity contribution in [2.24, 2.45) is 0 Å². The highest BCUT2D eigenvalue weighted by molar-refractivity contribution is 6.30. The van der Waals surface area contributed by atoms with E-state index < -0.39 is 11.3 Å². The number of nitrogens with one attached hydrogen (secondary N) is 1. The number of halogens is 1. The second-order valence-electron chi connectivity index (χ2n) is 3.34. The van der Waals surface area contributed by atoms with Crippen molar-refractivity contribution in [1.82, 2.24) is 10.3 Å². The van der Waals surface area contributed by atoms with E-state index in [4.69, 9.17) is 11.6 Å². The second kappa shape index (κ2) is 6.20. The van der Waals surface area contributed by atoms with Gasteiger partial charge in [-0.1, -0.05) is 0 Å². The summed E-state index contributed by atoms with van der Waals surface area (Å²) in [5.41, 5.74) is 1.08. The number of amides is 1. The maximum atomic E-state index is 11.7. The van der Waals surface area contributed by atoms with Crippen LogP contribution < -0.4 is 5.32 Å². The van der Waals surface area contributed by atoms with E-state index >= 15 is 0 Å². The third kappa shape index (κ3) is 3.71. The number of aromatic nitrogens is 1. The van der Waals surface area contributed by atoms with Crippen LogP contribution in [-0.2, 0) is 9.53 Å². The highest BCUT2D eigenvalue weighted by Crippen LogP contribution is 2.04. The molecule has 1 atom stereocenters. The van der Waals surface area contributed by atoms with E-state index in [0.717, 1.165) is 0 Å². The first-order valence-corrected chi connectivity index (χ1v) is 5.41. The van der Waals surface area contributed by atoms with Gasteiger partial charge in [0.15, 0.2) is 0 Å². The number of pyridine rings is 1. The van der Waals surface area contributed by atoms with Crippen LogP contribution in [-0.4, -0.2) is 35.9 Å². The Hall–Kier alpha value is -1.62. The van der Waals surface area contributed by atoms with Gasteiger partial charge in [-0.15, -0.1) is 11.6 Å². The molecule has 0 fully saturated rings. The number of ether oxygens (including phenoxy) is 1. The Morgan fingerprint density at radius 1 is 1.59 bits per heavy atom. The van der Waals surface area contributed by atoms with Crippen LogP contribution in [0.25, 0.3) is 0 Å². The van der Waals surface area contributed by atoms with Crippen LogP contribution >= 0.6 is 11.6 Å². The molecule has 0 aliphatic carbocycles. The topological polar surface area (TPSA) is 68.3 Å². The molecular weight excluding hydrogens is 244 g/mol. The lowest BCUT2D eigenvalue weighted by molar-refractivity contribution is -0.140. The number of esters is 1. The highest BCUT2D eigenvalue weighted by Gasteiger charge is 2.17. The fraction of sp³-hybridized carbons (Fsp3) is 0.364. The molecule has 0 bridgehead atoms. The van der Waals surface area contributed by atoms with Gasteiger partial charge in [-0.2, -0.15) is 0 Å². The van der Waals surface area contributed by atoms with Gasteiger partial charge in [0.2, 0.25) is 0 Å². The summed E-state index contributed by atoms with van der Waals surface area (Å²) in [5, 5.41) is 1.66. The summed E-state index contributed by atoms with van der Waals surface area (Å²) in [7, 11) is 1.24. The van der Waals surface area contributed by atoms with Crippen LogP contribution in [0.15, 0.2) is 18.3 Å². The molecule has 1 aromatic rings. The van der Waals surface area contributed by atoms with Gasteiger partial charge in [-0.05, 0) is 19.1 Å². The molecule has 0 saturated heterocycles. The Bertz CT molecular complexity index is 423. The summed E-state index contributed by atoms with van der Waals surface area (Å²) >= 11 is 5.70. The molecule has 0 aromatic carbocycles. The lowest BCUT2D eigenvalue weighted by Crippen LogP contribution is -2.34. The zero-order chi connectivity index (χ0) is 12.8. The molecule has 0 spiro atoms. The molecule has 1 aromatic heterocycles. The average molecular weight is 257 g/mol. The van der Waals surface area contributed by atoms with Crippen molar-refractivity contribution in [3.8, 4) is 0 Å². The van der Waals surface area contributed by atoms with Crippen molar-refractivity contribution >= 4 is 23.5 Å². The van der Waals surface area contributed by atoms with Gasteiger partial charge in [0.25, 0.3) is 5.91 Å². The number of hydrogen-bond acceptors (Lipinski definition) is 4. The normalized spacial score (nSPS) is 11.7. The molecule has 1 N–H and O–H groups in total. The van der Waals surface area contributed by atoms with E-state index in [-0.39, 0.29) is 12.5 Å². The van der Waals surface area contributed by atoms with Crippen LogP contribution in [0.3, 0.4) is 0 Å². The Morgan fingerprint density at radius 3 is 2.88 bits per heavy atom. The zero-order valence-corrected chi connectivity index (χ0v) is 10.3. The van der Waals surface area contributed by atoms with Gasteiger partial charge in [0.05, 0.1) is 12.7 Å². The molecule has 0 aliphatic heterocycles. The summed E-state index contributed by atoms with van der Waals surface area (Å²) in [6.07, 6.45) is 1.60. The minimum atomic E-state index is -0.888. The van der Waals surface area contributed by atoms with Crippen LogP contribution in [0.5, 0.6) is 0 Å². The Labute approximate surface area is 104 Å². The van der Waals surface area contributed by atoms with Crippen molar-refractivity contribution in [3.63, 3.8) is 0 Å². The summed E-state index contributed by atoms with van der Waals surface area (Å²) in [6, 6.07) is 3.32. The lowest BCUT2D eigenvalue weighted by Gasteiger charge is -2.09. The third-order valence-corrected chi connectivity index (χ3v) is 2.48. The smallest absolute Gasteiger partial charge is 0.325 e. The number of methoxy groups -OCH3 is 1. The van der Waals surface area contributed by atoms with Crippen molar-refractivity contribution in [2.75, 3.05) is 13.7 Å². The molecule has 1 heterocycles. The summed E-state index contributed by atoms with van der Waals surface area (Å²) < 4.78 is 4.44. The Morgan fingerprint density at radius 2 is 2.29 bits per heavy atom.